The number of piperazine rings is 1. The predicted molar refractivity (Wildman–Crippen MR) is 157 cm³/mol. The van der Waals surface area contributed by atoms with Crippen molar-refractivity contribution in [2.45, 2.75) is 17.7 Å². The zero-order chi connectivity index (χ0) is 27.5. The van der Waals surface area contributed by atoms with E-state index in [9.17, 15) is 9.59 Å². The van der Waals surface area contributed by atoms with Crippen LogP contribution in [0.5, 0.6) is 0 Å². The average molecular weight is 555 g/mol. The first-order chi connectivity index (χ1) is 19.6. The van der Waals surface area contributed by atoms with Crippen molar-refractivity contribution in [1.29, 1.82) is 0 Å². The Hall–Kier alpha value is -4.22. The maximum absolute atomic E-state index is 13.0. The van der Waals surface area contributed by atoms with Crippen molar-refractivity contribution in [3.63, 3.8) is 0 Å². The third-order valence-electron chi connectivity index (χ3n) is 7.27. The van der Waals surface area contributed by atoms with Crippen LogP contribution in [0.25, 0.3) is 11.2 Å². The van der Waals surface area contributed by atoms with Crippen molar-refractivity contribution >= 4 is 28.9 Å². The van der Waals surface area contributed by atoms with Gasteiger partial charge in [0.1, 0.15) is 0 Å². The summed E-state index contributed by atoms with van der Waals surface area (Å²) >= 11 is 1.52. The average Bonchev–Trinajstić information content (AvgIpc) is 3.38. The van der Waals surface area contributed by atoms with Gasteiger partial charge < -0.3 is 9.47 Å². The fraction of sp³-hybridized carbons (Fsp3) is 0.276. The monoisotopic (exact) mass is 554 g/mol. The number of anilines is 1. The first kappa shape index (κ1) is 26.0. The van der Waals surface area contributed by atoms with E-state index in [1.165, 1.54) is 27.5 Å². The summed E-state index contributed by atoms with van der Waals surface area (Å²) in [6.45, 7) is 3.63. The molecule has 10 nitrogen and oxygen atoms in total. The van der Waals surface area contributed by atoms with Crippen LogP contribution in [0.3, 0.4) is 0 Å². The predicted octanol–water partition coefficient (Wildman–Crippen LogP) is 2.92. The number of hydrogen-bond donors (Lipinski definition) is 1. The summed E-state index contributed by atoms with van der Waals surface area (Å²) in [5, 5.41) is 0.677. The molecule has 1 aliphatic rings. The van der Waals surface area contributed by atoms with Gasteiger partial charge in [-0.2, -0.15) is 4.98 Å². The third kappa shape index (κ3) is 5.17. The lowest BCUT2D eigenvalue weighted by Gasteiger charge is -2.40. The van der Waals surface area contributed by atoms with Gasteiger partial charge in [-0.05, 0) is 17.2 Å². The molecule has 0 unspecified atom stereocenters. The number of aromatic nitrogens is 6. The SMILES string of the molecule is Cn1c(=O)[nH]c(=O)c2c1nc(N1CCN(C(c3ccccc3)c3ccccc3)CC1)n2CCSc1ncccn1. The molecule has 204 valence electrons. The molecule has 4 heterocycles. The zero-order valence-corrected chi connectivity index (χ0v) is 23.0. The lowest BCUT2D eigenvalue weighted by molar-refractivity contribution is 0.211. The molecule has 1 saturated heterocycles. The summed E-state index contributed by atoms with van der Waals surface area (Å²) in [5.41, 5.74) is 2.41. The maximum Gasteiger partial charge on any atom is 0.329 e. The lowest BCUT2D eigenvalue weighted by atomic mass is 9.96. The van der Waals surface area contributed by atoms with E-state index in [0.717, 1.165) is 26.2 Å². The number of thioether (sulfide) groups is 1. The summed E-state index contributed by atoms with van der Waals surface area (Å²) in [6.07, 6.45) is 3.43. The van der Waals surface area contributed by atoms with Gasteiger partial charge in [-0.1, -0.05) is 72.4 Å². The van der Waals surface area contributed by atoms with E-state index in [1.807, 2.05) is 16.7 Å². The van der Waals surface area contributed by atoms with Crippen molar-refractivity contribution in [1.82, 2.24) is 34.0 Å². The topological polar surface area (TPSA) is 105 Å². The Balaban J connectivity index is 1.29. The van der Waals surface area contributed by atoms with E-state index in [4.69, 9.17) is 4.98 Å². The molecule has 2 aromatic carbocycles. The Morgan fingerprint density at radius 2 is 1.50 bits per heavy atom. The van der Waals surface area contributed by atoms with Crippen LogP contribution < -0.4 is 16.1 Å². The Bertz CT molecular complexity index is 1660. The number of hydrogen-bond acceptors (Lipinski definition) is 8. The van der Waals surface area contributed by atoms with E-state index >= 15 is 0 Å². The van der Waals surface area contributed by atoms with Crippen LogP contribution in [-0.2, 0) is 13.6 Å². The lowest BCUT2D eigenvalue weighted by Crippen LogP contribution is -2.48. The standard InChI is InChI=1S/C29H30N8O2S/c1-34-25-24(26(38)33-29(34)39)37(19-20-40-27-30-13-8-14-31-27)28(32-25)36-17-15-35(16-18-36)23(21-9-4-2-5-10-21)22-11-6-3-7-12-22/h2-14,23H,15-20H2,1H3,(H,33,38,39). The van der Waals surface area contributed by atoms with Gasteiger partial charge in [0.15, 0.2) is 16.3 Å². The number of nitrogens with one attached hydrogen (secondary N) is 1. The smallest absolute Gasteiger partial charge is 0.329 e. The summed E-state index contributed by atoms with van der Waals surface area (Å²) in [5.74, 6) is 1.35. The molecule has 0 amide bonds. The van der Waals surface area contributed by atoms with E-state index in [-0.39, 0.29) is 6.04 Å². The van der Waals surface area contributed by atoms with E-state index in [0.29, 0.717) is 34.6 Å². The second-order valence-electron chi connectivity index (χ2n) is 9.68. The number of rotatable bonds is 8. The first-order valence-electron chi connectivity index (χ1n) is 13.3. The normalized spacial score (nSPS) is 14.3. The van der Waals surface area contributed by atoms with Crippen molar-refractivity contribution in [3.8, 4) is 0 Å². The van der Waals surface area contributed by atoms with Crippen molar-refractivity contribution in [2.24, 2.45) is 7.05 Å². The van der Waals surface area contributed by atoms with Crippen LogP contribution in [0.15, 0.2) is 93.9 Å². The molecule has 5 aromatic rings. The molecule has 0 radical (unpaired) electrons. The van der Waals surface area contributed by atoms with E-state index < -0.39 is 11.2 Å². The number of H-pyrrole nitrogens is 1. The number of benzene rings is 2. The largest absolute Gasteiger partial charge is 0.340 e. The summed E-state index contributed by atoms with van der Waals surface area (Å²) in [4.78, 5) is 45.9. The van der Waals surface area contributed by atoms with Crippen molar-refractivity contribution < 1.29 is 0 Å². The first-order valence-corrected chi connectivity index (χ1v) is 14.3. The molecular weight excluding hydrogens is 524 g/mol. The molecule has 0 saturated carbocycles. The number of aromatic amines is 1. The van der Waals surface area contributed by atoms with Crippen LogP contribution in [0.2, 0.25) is 0 Å². The minimum absolute atomic E-state index is 0.148. The molecule has 11 heteroatoms. The molecule has 40 heavy (non-hydrogen) atoms. The summed E-state index contributed by atoms with van der Waals surface area (Å²) in [7, 11) is 1.64. The van der Waals surface area contributed by atoms with Crippen LogP contribution in [-0.4, -0.2) is 65.9 Å². The van der Waals surface area contributed by atoms with Gasteiger partial charge in [0.05, 0.1) is 6.04 Å². The number of nitrogens with zero attached hydrogens (tertiary/aromatic N) is 7. The maximum atomic E-state index is 13.0. The number of aryl methyl sites for hydroxylation is 2. The van der Waals surface area contributed by atoms with Gasteiger partial charge >= 0.3 is 5.69 Å². The quantitative estimate of drug-likeness (QED) is 0.231. The second-order valence-corrected chi connectivity index (χ2v) is 10.7. The highest BCUT2D eigenvalue weighted by atomic mass is 32.2. The molecule has 1 aliphatic heterocycles. The van der Waals surface area contributed by atoms with Gasteiger partial charge in [0.25, 0.3) is 5.56 Å². The second kappa shape index (κ2) is 11.5. The van der Waals surface area contributed by atoms with Crippen LogP contribution >= 0.6 is 11.8 Å². The van der Waals surface area contributed by atoms with Gasteiger partial charge in [-0.25, -0.2) is 14.8 Å². The summed E-state index contributed by atoms with van der Waals surface area (Å²) < 4.78 is 3.34. The molecule has 1 N–H and O–H groups in total. The molecule has 1 fully saturated rings. The van der Waals surface area contributed by atoms with E-state index in [2.05, 4.69) is 73.3 Å². The van der Waals surface area contributed by atoms with Crippen molar-refractivity contribution in [2.75, 3.05) is 36.8 Å². The van der Waals surface area contributed by atoms with E-state index in [1.54, 1.807) is 25.5 Å². The van der Waals surface area contributed by atoms with Crippen LogP contribution in [0.4, 0.5) is 5.95 Å². The molecule has 0 bridgehead atoms. The molecule has 3 aromatic heterocycles. The minimum atomic E-state index is -0.473. The summed E-state index contributed by atoms with van der Waals surface area (Å²) in [6, 6.07) is 23.1. The molecule has 0 aliphatic carbocycles. The Morgan fingerprint density at radius 1 is 0.875 bits per heavy atom. The number of fused-ring (bicyclic) bond motifs is 1. The van der Waals surface area contributed by atoms with Crippen LogP contribution in [0, 0.1) is 0 Å². The molecule has 0 atom stereocenters. The minimum Gasteiger partial charge on any atom is -0.340 e. The fourth-order valence-corrected chi connectivity index (χ4v) is 6.06. The van der Waals surface area contributed by atoms with Gasteiger partial charge in [-0.3, -0.25) is 19.2 Å². The van der Waals surface area contributed by atoms with Gasteiger partial charge in [-0.15, -0.1) is 0 Å². The molecule has 6 rings (SSSR count). The van der Waals surface area contributed by atoms with Crippen LogP contribution in [0.1, 0.15) is 17.2 Å². The molecule has 0 spiro atoms. The highest BCUT2D eigenvalue weighted by Crippen LogP contribution is 2.31. The van der Waals surface area contributed by atoms with Gasteiger partial charge in [0.2, 0.25) is 5.95 Å². The number of imidazole rings is 1. The van der Waals surface area contributed by atoms with Crippen molar-refractivity contribution in [3.05, 3.63) is 111 Å². The van der Waals surface area contributed by atoms with Gasteiger partial charge in [0, 0.05) is 57.9 Å². The third-order valence-corrected chi connectivity index (χ3v) is 8.12. The fourth-order valence-electron chi connectivity index (χ4n) is 5.33. The highest BCUT2D eigenvalue weighted by Gasteiger charge is 2.29. The Labute approximate surface area is 235 Å². The highest BCUT2D eigenvalue weighted by molar-refractivity contribution is 7.99. The molecular formula is C29H30N8O2S. The Morgan fingerprint density at radius 3 is 2.12 bits per heavy atom. The Kier molecular flexibility index (Phi) is 7.47. The zero-order valence-electron chi connectivity index (χ0n) is 22.2.